The van der Waals surface area contributed by atoms with Gasteiger partial charge in [-0.25, -0.2) is 8.42 Å². The Morgan fingerprint density at radius 3 is 2.13 bits per heavy atom. The molecule has 6 nitrogen and oxygen atoms in total. The number of hydrogen-bond acceptors (Lipinski definition) is 4. The molecule has 1 unspecified atom stereocenters. The van der Waals surface area contributed by atoms with Crippen LogP contribution in [0, 0.1) is 13.8 Å². The highest BCUT2D eigenvalue weighted by Gasteiger charge is 2.31. The van der Waals surface area contributed by atoms with Crippen LogP contribution in [0.5, 0.6) is 0 Å². The van der Waals surface area contributed by atoms with Gasteiger partial charge < -0.3 is 10.2 Å². The summed E-state index contributed by atoms with van der Waals surface area (Å²) in [6.45, 7) is 7.78. The minimum absolute atomic E-state index is 0.335. The maximum Gasteiger partial charge on any atom is 0.248 e. The van der Waals surface area contributed by atoms with Crippen molar-refractivity contribution < 1.29 is 13.2 Å². The van der Waals surface area contributed by atoms with Gasteiger partial charge in [0.25, 0.3) is 0 Å². The number of carbonyl (C=O) groups is 1. The second-order valence-corrected chi connectivity index (χ2v) is 10.3. The van der Waals surface area contributed by atoms with Crippen molar-refractivity contribution in [3.05, 3.63) is 53.6 Å². The zero-order valence-electron chi connectivity index (χ0n) is 18.9. The first-order chi connectivity index (χ1) is 14.7. The van der Waals surface area contributed by atoms with E-state index in [4.69, 9.17) is 0 Å². The summed E-state index contributed by atoms with van der Waals surface area (Å²) in [5.74, 6) is -0.335. The van der Waals surface area contributed by atoms with Crippen LogP contribution in [-0.4, -0.2) is 39.7 Å². The molecule has 2 aromatic carbocycles. The van der Waals surface area contributed by atoms with Gasteiger partial charge >= 0.3 is 0 Å². The van der Waals surface area contributed by atoms with Crippen molar-refractivity contribution >= 4 is 33.0 Å². The van der Waals surface area contributed by atoms with Crippen LogP contribution in [0.4, 0.5) is 17.1 Å². The van der Waals surface area contributed by atoms with Gasteiger partial charge in [-0.3, -0.25) is 9.10 Å². The van der Waals surface area contributed by atoms with Crippen molar-refractivity contribution in [2.75, 3.05) is 33.9 Å². The van der Waals surface area contributed by atoms with E-state index in [1.165, 1.54) is 23.6 Å². The third-order valence-corrected chi connectivity index (χ3v) is 6.83. The quantitative estimate of drug-likeness (QED) is 0.685. The zero-order chi connectivity index (χ0) is 22.6. The van der Waals surface area contributed by atoms with Gasteiger partial charge in [-0.15, -0.1) is 0 Å². The fraction of sp³-hybridized carbons (Fsp3) is 0.458. The van der Waals surface area contributed by atoms with E-state index >= 15 is 0 Å². The highest BCUT2D eigenvalue weighted by molar-refractivity contribution is 7.92. The number of piperidine rings is 1. The number of aryl methyl sites for hydroxylation is 2. The normalized spacial score (nSPS) is 15.4. The second-order valence-electron chi connectivity index (χ2n) is 8.41. The Balaban J connectivity index is 1.81. The zero-order valence-corrected chi connectivity index (χ0v) is 19.7. The summed E-state index contributed by atoms with van der Waals surface area (Å²) < 4.78 is 26.6. The number of hydrogen-bond donors (Lipinski definition) is 1. The molecule has 2 aromatic rings. The summed E-state index contributed by atoms with van der Waals surface area (Å²) >= 11 is 0. The Bertz CT molecular complexity index is 993. The van der Waals surface area contributed by atoms with Gasteiger partial charge in [-0.05, 0) is 87.1 Å². The molecule has 168 valence electrons. The maximum atomic E-state index is 13.1. The molecule has 0 aliphatic carbocycles. The number of carbonyl (C=O) groups excluding carboxylic acids is 1. The average Bonchev–Trinajstić information content (AvgIpc) is 2.71. The largest absolute Gasteiger partial charge is 0.372 e. The molecule has 1 aliphatic rings. The molecule has 1 N–H and O–H groups in total. The molecule has 7 heteroatoms. The van der Waals surface area contributed by atoms with Crippen molar-refractivity contribution in [2.24, 2.45) is 0 Å². The Hall–Kier alpha value is -2.54. The lowest BCUT2D eigenvalue weighted by Crippen LogP contribution is -2.47. The average molecular weight is 444 g/mol. The van der Waals surface area contributed by atoms with Crippen molar-refractivity contribution in [3.63, 3.8) is 0 Å². The molecule has 0 bridgehead atoms. The SMILES string of the molecule is CCC(C(=O)Nc1ccc(N2CCCCC2)cc1)N(c1cc(C)cc(C)c1)S(C)(=O)=O. The number of nitrogens with one attached hydrogen (secondary N) is 1. The summed E-state index contributed by atoms with van der Waals surface area (Å²) in [5.41, 5.74) is 4.23. The van der Waals surface area contributed by atoms with Crippen molar-refractivity contribution in [1.82, 2.24) is 0 Å². The van der Waals surface area contributed by atoms with Gasteiger partial charge in [0.05, 0.1) is 11.9 Å². The summed E-state index contributed by atoms with van der Waals surface area (Å²) in [4.78, 5) is 15.5. The molecular formula is C24H33N3O3S. The van der Waals surface area contributed by atoms with E-state index < -0.39 is 16.1 Å². The molecule has 1 amide bonds. The van der Waals surface area contributed by atoms with E-state index in [-0.39, 0.29) is 5.91 Å². The minimum atomic E-state index is -3.66. The fourth-order valence-corrected chi connectivity index (χ4v) is 5.47. The van der Waals surface area contributed by atoms with E-state index in [1.807, 2.05) is 51.1 Å². The third kappa shape index (κ3) is 5.79. The lowest BCUT2D eigenvalue weighted by molar-refractivity contribution is -0.117. The van der Waals surface area contributed by atoms with Crippen LogP contribution in [0.1, 0.15) is 43.7 Å². The topological polar surface area (TPSA) is 69.7 Å². The number of anilines is 3. The lowest BCUT2D eigenvalue weighted by atomic mass is 10.1. The molecule has 1 fully saturated rings. The van der Waals surface area contributed by atoms with Gasteiger partial charge in [0, 0.05) is 24.5 Å². The number of nitrogens with zero attached hydrogens (tertiary/aromatic N) is 2. The Labute approximate surface area is 186 Å². The smallest absolute Gasteiger partial charge is 0.248 e. The first-order valence-corrected chi connectivity index (χ1v) is 12.8. The van der Waals surface area contributed by atoms with Gasteiger partial charge in [0.1, 0.15) is 6.04 Å². The second kappa shape index (κ2) is 9.73. The van der Waals surface area contributed by atoms with E-state index in [1.54, 1.807) is 12.1 Å². The summed E-state index contributed by atoms with van der Waals surface area (Å²) in [7, 11) is -3.66. The minimum Gasteiger partial charge on any atom is -0.372 e. The van der Waals surface area contributed by atoms with Crippen LogP contribution in [0.2, 0.25) is 0 Å². The van der Waals surface area contributed by atoms with Gasteiger partial charge in [0.2, 0.25) is 15.9 Å². The van der Waals surface area contributed by atoms with Crippen LogP contribution in [0.25, 0.3) is 0 Å². The van der Waals surface area contributed by atoms with Crippen LogP contribution in [-0.2, 0) is 14.8 Å². The van der Waals surface area contributed by atoms with Crippen LogP contribution >= 0.6 is 0 Å². The molecule has 0 saturated carbocycles. The van der Waals surface area contributed by atoms with Crippen LogP contribution in [0.3, 0.4) is 0 Å². The number of rotatable bonds is 7. The lowest BCUT2D eigenvalue weighted by Gasteiger charge is -2.31. The van der Waals surface area contributed by atoms with E-state index in [9.17, 15) is 13.2 Å². The van der Waals surface area contributed by atoms with Gasteiger partial charge in [-0.2, -0.15) is 0 Å². The van der Waals surface area contributed by atoms with Crippen molar-refractivity contribution in [1.29, 1.82) is 0 Å². The molecule has 0 radical (unpaired) electrons. The van der Waals surface area contributed by atoms with E-state index in [0.717, 1.165) is 36.2 Å². The molecule has 1 saturated heterocycles. The first kappa shape index (κ1) is 23.1. The summed E-state index contributed by atoms with van der Waals surface area (Å²) in [6, 6.07) is 12.5. The monoisotopic (exact) mass is 443 g/mol. The number of benzene rings is 2. The Kier molecular flexibility index (Phi) is 7.26. The fourth-order valence-electron chi connectivity index (χ4n) is 4.27. The number of amides is 1. The van der Waals surface area contributed by atoms with Crippen LogP contribution in [0.15, 0.2) is 42.5 Å². The third-order valence-electron chi connectivity index (χ3n) is 5.65. The van der Waals surface area contributed by atoms with Crippen molar-refractivity contribution in [3.8, 4) is 0 Å². The Morgan fingerprint density at radius 1 is 1.03 bits per heavy atom. The van der Waals surface area contributed by atoms with Gasteiger partial charge in [-0.1, -0.05) is 13.0 Å². The molecule has 31 heavy (non-hydrogen) atoms. The molecule has 0 spiro atoms. The summed E-state index contributed by atoms with van der Waals surface area (Å²) in [6.07, 6.45) is 5.19. The predicted molar refractivity (Wildman–Crippen MR) is 128 cm³/mol. The molecule has 1 aliphatic heterocycles. The Morgan fingerprint density at radius 2 is 1.61 bits per heavy atom. The molecule has 3 rings (SSSR count). The molecular weight excluding hydrogens is 410 g/mol. The predicted octanol–water partition coefficient (Wildman–Crippen LogP) is 4.48. The van der Waals surface area contributed by atoms with Gasteiger partial charge in [0.15, 0.2) is 0 Å². The standard InChI is InChI=1S/C24H33N3O3S/c1-5-23(27(31(4,29)30)22-16-18(2)15-19(3)17-22)24(28)25-20-9-11-21(12-10-20)26-13-7-6-8-14-26/h9-12,15-17,23H,5-8,13-14H2,1-4H3,(H,25,28). The van der Waals surface area contributed by atoms with Crippen molar-refractivity contribution in [2.45, 2.75) is 52.5 Å². The maximum absolute atomic E-state index is 13.1. The number of sulfonamides is 1. The molecule has 1 atom stereocenters. The van der Waals surface area contributed by atoms with E-state index in [0.29, 0.717) is 17.8 Å². The highest BCUT2D eigenvalue weighted by atomic mass is 32.2. The van der Waals surface area contributed by atoms with E-state index in [2.05, 4.69) is 10.2 Å². The molecule has 1 heterocycles. The first-order valence-electron chi connectivity index (χ1n) is 10.9. The highest BCUT2D eigenvalue weighted by Crippen LogP contribution is 2.26. The summed E-state index contributed by atoms with van der Waals surface area (Å²) in [5, 5.41) is 2.91. The molecule has 0 aromatic heterocycles. The van der Waals surface area contributed by atoms with Crippen LogP contribution < -0.4 is 14.5 Å².